The van der Waals surface area contributed by atoms with Gasteiger partial charge in [-0.3, -0.25) is 0 Å². The van der Waals surface area contributed by atoms with Crippen LogP contribution in [0.5, 0.6) is 0 Å². The van der Waals surface area contributed by atoms with Gasteiger partial charge >= 0.3 is 0 Å². The van der Waals surface area contributed by atoms with Crippen LogP contribution in [-0.4, -0.2) is 15.0 Å². The highest BCUT2D eigenvalue weighted by atomic mass is 14.9. The number of rotatable bonds is 0. The minimum atomic E-state index is 0.0147. The zero-order valence-electron chi connectivity index (χ0n) is 15.6. The van der Waals surface area contributed by atoms with Crippen LogP contribution in [0.2, 0.25) is 0 Å². The molecule has 136 valence electrons. The fourth-order valence-corrected chi connectivity index (χ4v) is 4.18. The van der Waals surface area contributed by atoms with Crippen LogP contribution in [0.4, 0.5) is 0 Å². The molecule has 0 bridgehead atoms. The molecule has 0 saturated carbocycles. The van der Waals surface area contributed by atoms with E-state index in [1.807, 2.05) is 60.7 Å². The summed E-state index contributed by atoms with van der Waals surface area (Å²) >= 11 is 0. The monoisotopic (exact) mass is 381 g/mol. The van der Waals surface area contributed by atoms with Crippen LogP contribution in [0.1, 0.15) is 11.4 Å². The predicted molar refractivity (Wildman–Crippen MR) is 117 cm³/mol. The summed E-state index contributed by atoms with van der Waals surface area (Å²) in [7, 11) is 0. The van der Waals surface area contributed by atoms with Gasteiger partial charge in [-0.25, -0.2) is 15.0 Å². The van der Waals surface area contributed by atoms with Crippen LogP contribution in [0.25, 0.3) is 54.4 Å². The molecule has 0 atom stereocenters. The Labute approximate surface area is 170 Å². The zero-order valence-corrected chi connectivity index (χ0v) is 15.6. The average Bonchev–Trinajstić information content (AvgIpc) is 2.81. The number of hydrogen-bond donors (Lipinski definition) is 0. The fraction of sp³-hybridized carbons (Fsp3) is 0. The summed E-state index contributed by atoms with van der Waals surface area (Å²) in [5.41, 5.74) is 2.69. The Morgan fingerprint density at radius 1 is 0.567 bits per heavy atom. The maximum atomic E-state index is 9.53. The van der Waals surface area contributed by atoms with Gasteiger partial charge in [-0.15, -0.1) is 0 Å². The molecule has 2 heterocycles. The van der Waals surface area contributed by atoms with Crippen LogP contribution in [0, 0.1) is 22.7 Å². The lowest BCUT2D eigenvalue weighted by molar-refractivity contribution is 1.20. The van der Waals surface area contributed by atoms with Gasteiger partial charge in [-0.1, -0.05) is 54.6 Å². The highest BCUT2D eigenvalue weighted by Gasteiger charge is 2.18. The van der Waals surface area contributed by atoms with Crippen molar-refractivity contribution in [1.29, 1.82) is 10.5 Å². The summed E-state index contributed by atoms with van der Waals surface area (Å²) < 4.78 is 0. The standard InChI is InChI=1S/C25H11N5/c26-12-20-21(13-27)30-25-23-18(11-15-6-2-4-8-19(15)28-23)17-10-9-14-5-1-3-7-16(14)22(17)24(25)29-20/h1-11H. The summed E-state index contributed by atoms with van der Waals surface area (Å²) in [4.78, 5) is 14.0. The molecule has 0 radical (unpaired) electrons. The number of nitrogens with zero attached hydrogens (tertiary/aromatic N) is 5. The van der Waals surface area contributed by atoms with Crippen LogP contribution in [0.3, 0.4) is 0 Å². The molecule has 0 spiro atoms. The molecule has 0 N–H and O–H groups in total. The molecule has 2 aromatic heterocycles. The molecule has 0 fully saturated rings. The topological polar surface area (TPSA) is 86.2 Å². The van der Waals surface area contributed by atoms with Crippen LogP contribution >= 0.6 is 0 Å². The number of fused-ring (bicyclic) bond motifs is 9. The van der Waals surface area contributed by atoms with Crippen molar-refractivity contribution in [3.05, 3.63) is 78.1 Å². The number of aromatic nitrogens is 3. The molecular weight excluding hydrogens is 370 g/mol. The minimum absolute atomic E-state index is 0.0147. The van der Waals surface area contributed by atoms with E-state index < -0.39 is 0 Å². The van der Waals surface area contributed by atoms with Gasteiger partial charge in [0.15, 0.2) is 11.4 Å². The quantitative estimate of drug-likeness (QED) is 0.260. The molecule has 5 heteroatoms. The van der Waals surface area contributed by atoms with Gasteiger partial charge in [0.05, 0.1) is 11.0 Å². The molecule has 0 saturated heterocycles. The minimum Gasteiger partial charge on any atom is -0.245 e. The summed E-state index contributed by atoms with van der Waals surface area (Å²) in [5.74, 6) is 0. The lowest BCUT2D eigenvalue weighted by atomic mass is 9.96. The van der Waals surface area contributed by atoms with E-state index in [2.05, 4.69) is 28.2 Å². The third-order valence-electron chi connectivity index (χ3n) is 5.51. The zero-order chi connectivity index (χ0) is 20.2. The normalized spacial score (nSPS) is 11.3. The second-order valence-corrected chi connectivity index (χ2v) is 7.13. The van der Waals surface area contributed by atoms with Crippen LogP contribution in [0.15, 0.2) is 66.7 Å². The number of para-hydroxylation sites is 1. The third-order valence-corrected chi connectivity index (χ3v) is 5.51. The van der Waals surface area contributed by atoms with Crippen molar-refractivity contribution in [2.45, 2.75) is 0 Å². The van der Waals surface area contributed by atoms with E-state index in [0.717, 1.165) is 37.8 Å². The molecule has 0 amide bonds. The molecule has 0 aliphatic rings. The van der Waals surface area contributed by atoms with E-state index in [4.69, 9.17) is 4.98 Å². The Balaban J connectivity index is 2.00. The summed E-state index contributed by atoms with van der Waals surface area (Å²) in [6, 6.07) is 26.3. The summed E-state index contributed by atoms with van der Waals surface area (Å²) in [6.07, 6.45) is 0. The Hall–Kier alpha value is -4.61. The van der Waals surface area contributed by atoms with Crippen molar-refractivity contribution in [2.24, 2.45) is 0 Å². The molecule has 6 rings (SSSR count). The average molecular weight is 381 g/mol. The number of benzene rings is 4. The molecule has 4 aromatic carbocycles. The van der Waals surface area contributed by atoms with Gasteiger partial charge in [0, 0.05) is 16.2 Å². The van der Waals surface area contributed by atoms with E-state index in [1.54, 1.807) is 0 Å². The second-order valence-electron chi connectivity index (χ2n) is 7.13. The van der Waals surface area contributed by atoms with Gasteiger partial charge in [-0.05, 0) is 28.3 Å². The van der Waals surface area contributed by atoms with Gasteiger partial charge in [0.2, 0.25) is 0 Å². The first-order valence-electron chi connectivity index (χ1n) is 9.43. The first kappa shape index (κ1) is 16.4. The van der Waals surface area contributed by atoms with Crippen molar-refractivity contribution in [3.8, 4) is 12.1 Å². The molecule has 0 aliphatic carbocycles. The molecular formula is C25H11N5. The first-order valence-corrected chi connectivity index (χ1v) is 9.43. The van der Waals surface area contributed by atoms with Gasteiger partial charge in [0.1, 0.15) is 23.2 Å². The maximum absolute atomic E-state index is 9.53. The van der Waals surface area contributed by atoms with E-state index in [9.17, 15) is 10.5 Å². The Morgan fingerprint density at radius 3 is 2.07 bits per heavy atom. The molecule has 0 unspecified atom stereocenters. The van der Waals surface area contributed by atoms with E-state index in [0.29, 0.717) is 16.6 Å². The van der Waals surface area contributed by atoms with E-state index in [1.165, 1.54) is 0 Å². The SMILES string of the molecule is N#Cc1nc2c3nc4ccccc4cc3c3ccc4ccccc4c3c2nc1C#N. The van der Waals surface area contributed by atoms with Crippen molar-refractivity contribution < 1.29 is 0 Å². The molecule has 0 aliphatic heterocycles. The number of nitriles is 2. The Morgan fingerprint density at radius 2 is 1.27 bits per heavy atom. The number of pyridine rings is 1. The smallest absolute Gasteiger partial charge is 0.177 e. The van der Waals surface area contributed by atoms with E-state index in [-0.39, 0.29) is 11.4 Å². The lowest BCUT2D eigenvalue weighted by Gasteiger charge is -2.12. The fourth-order valence-electron chi connectivity index (χ4n) is 4.18. The third kappa shape index (κ3) is 2.12. The largest absolute Gasteiger partial charge is 0.245 e. The Bertz CT molecular complexity index is 1770. The second kappa shape index (κ2) is 5.94. The van der Waals surface area contributed by atoms with E-state index >= 15 is 0 Å². The summed E-state index contributed by atoms with van der Waals surface area (Å²) in [6.45, 7) is 0. The molecule has 5 nitrogen and oxygen atoms in total. The maximum Gasteiger partial charge on any atom is 0.177 e. The van der Waals surface area contributed by atoms with Gasteiger partial charge in [0.25, 0.3) is 0 Å². The molecule has 6 aromatic rings. The van der Waals surface area contributed by atoms with Gasteiger partial charge < -0.3 is 0 Å². The molecule has 30 heavy (non-hydrogen) atoms. The predicted octanol–water partition coefficient (Wildman–Crippen LogP) is 5.38. The van der Waals surface area contributed by atoms with Gasteiger partial charge in [-0.2, -0.15) is 10.5 Å². The number of hydrogen-bond acceptors (Lipinski definition) is 5. The Kier molecular flexibility index (Phi) is 3.24. The highest BCUT2D eigenvalue weighted by Crippen LogP contribution is 2.38. The van der Waals surface area contributed by atoms with Crippen molar-refractivity contribution in [1.82, 2.24) is 15.0 Å². The van der Waals surface area contributed by atoms with Crippen LogP contribution < -0.4 is 0 Å². The van der Waals surface area contributed by atoms with Crippen molar-refractivity contribution >= 4 is 54.4 Å². The summed E-state index contributed by atoms with van der Waals surface area (Å²) in [5, 5.41) is 25.0. The first-order chi connectivity index (χ1) is 14.8. The lowest BCUT2D eigenvalue weighted by Crippen LogP contribution is -1.99. The van der Waals surface area contributed by atoms with Crippen molar-refractivity contribution in [2.75, 3.05) is 0 Å². The highest BCUT2D eigenvalue weighted by molar-refractivity contribution is 6.29. The van der Waals surface area contributed by atoms with Crippen molar-refractivity contribution in [3.63, 3.8) is 0 Å². The van der Waals surface area contributed by atoms with Crippen LogP contribution in [-0.2, 0) is 0 Å².